The van der Waals surface area contributed by atoms with Gasteiger partial charge in [0.15, 0.2) is 0 Å². The third-order valence-corrected chi connectivity index (χ3v) is 3.71. The normalized spacial score (nSPS) is 17.7. The molecule has 6 nitrogen and oxygen atoms in total. The summed E-state index contributed by atoms with van der Waals surface area (Å²) in [6, 6.07) is 2.12. The van der Waals surface area contributed by atoms with Crippen LogP contribution in [0.4, 0.5) is 13.2 Å². The van der Waals surface area contributed by atoms with Gasteiger partial charge in [0.25, 0.3) is 0 Å². The summed E-state index contributed by atoms with van der Waals surface area (Å²) in [5, 5.41) is 5.64. The maximum absolute atomic E-state index is 12.4. The van der Waals surface area contributed by atoms with Crippen LogP contribution in [0.2, 0.25) is 0 Å². The molecule has 2 heterocycles. The number of rotatable bonds is 4. The Morgan fingerprint density at radius 2 is 2.12 bits per heavy atom. The summed E-state index contributed by atoms with van der Waals surface area (Å²) in [6.45, 7) is 4.47. The molecule has 1 aliphatic heterocycles. The van der Waals surface area contributed by atoms with E-state index in [2.05, 4.69) is 15.6 Å². The highest BCUT2D eigenvalue weighted by Gasteiger charge is 2.36. The number of carbonyl (C=O) groups excluding carboxylic acids is 2. The van der Waals surface area contributed by atoms with Gasteiger partial charge in [0.05, 0.1) is 12.1 Å². The van der Waals surface area contributed by atoms with Crippen molar-refractivity contribution in [1.29, 1.82) is 0 Å². The van der Waals surface area contributed by atoms with E-state index in [1.165, 1.54) is 11.0 Å². The van der Waals surface area contributed by atoms with E-state index >= 15 is 0 Å². The van der Waals surface area contributed by atoms with Crippen LogP contribution in [0.15, 0.2) is 18.3 Å². The van der Waals surface area contributed by atoms with Crippen molar-refractivity contribution < 1.29 is 22.8 Å². The first-order valence-corrected chi connectivity index (χ1v) is 7.43. The standard InChI is InChI=1S/C15H19F3N4O2/c1-14(2)13(24)22(6-5-21-14)9-12(23)20-8-10-3-4-11(19-7-10)15(16,17)18/h3-4,7,21H,5-6,8-9H2,1-2H3,(H,20,23). The molecule has 24 heavy (non-hydrogen) atoms. The summed E-state index contributed by atoms with van der Waals surface area (Å²) in [6.07, 6.45) is -3.42. The molecule has 0 unspecified atom stereocenters. The highest BCUT2D eigenvalue weighted by Crippen LogP contribution is 2.27. The van der Waals surface area contributed by atoms with Gasteiger partial charge in [0.1, 0.15) is 5.69 Å². The number of amides is 2. The quantitative estimate of drug-likeness (QED) is 0.852. The second-order valence-electron chi connectivity index (χ2n) is 6.10. The van der Waals surface area contributed by atoms with Crippen molar-refractivity contribution in [3.63, 3.8) is 0 Å². The Morgan fingerprint density at radius 3 is 2.71 bits per heavy atom. The molecule has 1 fully saturated rings. The van der Waals surface area contributed by atoms with E-state index in [1.54, 1.807) is 13.8 Å². The van der Waals surface area contributed by atoms with E-state index in [9.17, 15) is 22.8 Å². The fraction of sp³-hybridized carbons (Fsp3) is 0.533. The number of piperazine rings is 1. The molecule has 0 saturated carbocycles. The van der Waals surface area contributed by atoms with Crippen LogP contribution in [-0.2, 0) is 22.3 Å². The summed E-state index contributed by atoms with van der Waals surface area (Å²) in [4.78, 5) is 28.9. The Bertz CT molecular complexity index is 614. The molecular weight excluding hydrogens is 325 g/mol. The lowest BCUT2D eigenvalue weighted by Crippen LogP contribution is -2.62. The molecule has 1 aromatic rings. The second-order valence-corrected chi connectivity index (χ2v) is 6.10. The zero-order valence-corrected chi connectivity index (χ0v) is 13.4. The van der Waals surface area contributed by atoms with Crippen molar-refractivity contribution in [3.05, 3.63) is 29.6 Å². The van der Waals surface area contributed by atoms with Crippen molar-refractivity contribution in [2.45, 2.75) is 32.1 Å². The Morgan fingerprint density at radius 1 is 1.42 bits per heavy atom. The Balaban J connectivity index is 1.86. The Labute approximate surface area is 137 Å². The Hall–Kier alpha value is -2.16. The fourth-order valence-corrected chi connectivity index (χ4v) is 2.35. The first kappa shape index (κ1) is 18.2. The van der Waals surface area contributed by atoms with Gasteiger partial charge in [0.2, 0.25) is 11.8 Å². The fourth-order valence-electron chi connectivity index (χ4n) is 2.35. The summed E-state index contributed by atoms with van der Waals surface area (Å²) >= 11 is 0. The van der Waals surface area contributed by atoms with E-state index < -0.39 is 17.4 Å². The van der Waals surface area contributed by atoms with Gasteiger partial charge in [-0.25, -0.2) is 0 Å². The molecule has 1 aliphatic rings. The molecule has 0 spiro atoms. The van der Waals surface area contributed by atoms with Gasteiger partial charge >= 0.3 is 6.18 Å². The topological polar surface area (TPSA) is 74.3 Å². The molecule has 1 saturated heterocycles. The highest BCUT2D eigenvalue weighted by atomic mass is 19.4. The number of halogens is 3. The largest absolute Gasteiger partial charge is 0.433 e. The van der Waals surface area contributed by atoms with E-state index in [4.69, 9.17) is 0 Å². The number of hydrogen-bond donors (Lipinski definition) is 2. The molecule has 0 atom stereocenters. The maximum Gasteiger partial charge on any atom is 0.433 e. The zero-order chi connectivity index (χ0) is 18.0. The van der Waals surface area contributed by atoms with Gasteiger partial charge in [-0.2, -0.15) is 13.2 Å². The van der Waals surface area contributed by atoms with E-state index in [0.717, 1.165) is 12.3 Å². The SMILES string of the molecule is CC1(C)NCCN(CC(=O)NCc2ccc(C(F)(F)F)nc2)C1=O. The van der Waals surface area contributed by atoms with Crippen LogP contribution < -0.4 is 10.6 Å². The molecule has 0 aromatic carbocycles. The average molecular weight is 344 g/mol. The van der Waals surface area contributed by atoms with E-state index in [1.807, 2.05) is 0 Å². The Kier molecular flexibility index (Phi) is 5.12. The van der Waals surface area contributed by atoms with Gasteiger partial charge < -0.3 is 15.5 Å². The predicted molar refractivity (Wildman–Crippen MR) is 79.7 cm³/mol. The van der Waals surface area contributed by atoms with Crippen LogP contribution in [0, 0.1) is 0 Å². The van der Waals surface area contributed by atoms with Crippen LogP contribution in [0.5, 0.6) is 0 Å². The van der Waals surface area contributed by atoms with Crippen LogP contribution >= 0.6 is 0 Å². The number of pyridine rings is 1. The molecule has 0 bridgehead atoms. The van der Waals surface area contributed by atoms with E-state index in [0.29, 0.717) is 18.7 Å². The number of hydrogen-bond acceptors (Lipinski definition) is 4. The third-order valence-electron chi connectivity index (χ3n) is 3.71. The smallest absolute Gasteiger partial charge is 0.350 e. The van der Waals surface area contributed by atoms with Crippen LogP contribution in [0.3, 0.4) is 0 Å². The number of aromatic nitrogens is 1. The summed E-state index contributed by atoms with van der Waals surface area (Å²) < 4.78 is 37.3. The van der Waals surface area contributed by atoms with Gasteiger partial charge in [-0.05, 0) is 25.5 Å². The lowest BCUT2D eigenvalue weighted by Gasteiger charge is -2.37. The van der Waals surface area contributed by atoms with Crippen molar-refractivity contribution in [3.8, 4) is 0 Å². The highest BCUT2D eigenvalue weighted by molar-refractivity contribution is 5.90. The first-order valence-electron chi connectivity index (χ1n) is 7.43. The third kappa shape index (κ3) is 4.44. The van der Waals surface area contributed by atoms with Crippen LogP contribution in [-0.4, -0.2) is 46.9 Å². The monoisotopic (exact) mass is 344 g/mol. The predicted octanol–water partition coefficient (Wildman–Crippen LogP) is 0.927. The lowest BCUT2D eigenvalue weighted by molar-refractivity contribution is -0.143. The molecule has 0 radical (unpaired) electrons. The number of nitrogens with zero attached hydrogens (tertiary/aromatic N) is 2. The minimum absolute atomic E-state index is 0.0492. The van der Waals surface area contributed by atoms with Gasteiger partial charge in [-0.1, -0.05) is 6.07 Å². The van der Waals surface area contributed by atoms with Gasteiger partial charge in [-0.15, -0.1) is 0 Å². The minimum Gasteiger partial charge on any atom is -0.350 e. The van der Waals surface area contributed by atoms with E-state index in [-0.39, 0.29) is 24.9 Å². The van der Waals surface area contributed by atoms with Gasteiger partial charge in [0, 0.05) is 25.8 Å². The van der Waals surface area contributed by atoms with Gasteiger partial charge in [-0.3, -0.25) is 14.6 Å². The molecule has 2 N–H and O–H groups in total. The molecule has 0 aliphatic carbocycles. The average Bonchev–Trinajstić information content (AvgIpc) is 2.49. The summed E-state index contributed by atoms with van der Waals surface area (Å²) in [5.74, 6) is -0.541. The zero-order valence-electron chi connectivity index (χ0n) is 13.4. The number of nitrogens with one attached hydrogen (secondary N) is 2. The number of alkyl halides is 3. The minimum atomic E-state index is -4.49. The van der Waals surface area contributed by atoms with Crippen LogP contribution in [0.25, 0.3) is 0 Å². The molecule has 2 rings (SSSR count). The lowest BCUT2D eigenvalue weighted by atomic mass is 10.0. The molecule has 132 valence electrons. The molecule has 1 aromatic heterocycles. The second kappa shape index (κ2) is 6.76. The van der Waals surface area contributed by atoms with Crippen molar-refractivity contribution >= 4 is 11.8 Å². The van der Waals surface area contributed by atoms with Crippen molar-refractivity contribution in [2.75, 3.05) is 19.6 Å². The molecular formula is C15H19F3N4O2. The molecule has 9 heteroatoms. The summed E-state index contributed by atoms with van der Waals surface area (Å²) in [5.41, 5.74) is -1.25. The number of carbonyl (C=O) groups is 2. The van der Waals surface area contributed by atoms with Crippen molar-refractivity contribution in [1.82, 2.24) is 20.5 Å². The maximum atomic E-state index is 12.4. The van der Waals surface area contributed by atoms with Crippen LogP contribution in [0.1, 0.15) is 25.1 Å². The first-order chi connectivity index (χ1) is 11.1. The molecule has 2 amide bonds. The summed E-state index contributed by atoms with van der Waals surface area (Å²) in [7, 11) is 0. The van der Waals surface area contributed by atoms with Crippen molar-refractivity contribution in [2.24, 2.45) is 0 Å².